The fraction of sp³-hybridized carbons (Fsp3) is 0.556. The second-order valence-corrected chi connectivity index (χ2v) is 6.55. The predicted octanol–water partition coefficient (Wildman–Crippen LogP) is 2.13. The second-order valence-electron chi connectivity index (χ2n) is 6.55. The van der Waals surface area contributed by atoms with E-state index in [-0.39, 0.29) is 5.91 Å². The lowest BCUT2D eigenvalue weighted by molar-refractivity contribution is -0.144. The molecule has 134 valence electrons. The van der Waals surface area contributed by atoms with Gasteiger partial charge in [0, 0.05) is 32.7 Å². The molecule has 1 aromatic rings. The molecule has 0 unspecified atom stereocenters. The summed E-state index contributed by atoms with van der Waals surface area (Å²) in [4.78, 5) is 16.0. The standard InChI is InChI=1S/C18H21F2N3O2/c19-16(20)18(5-6-18)17(24)23-9-7-22(8-10-23)11-12-25-15-4-2-1-3-14(15)13-21/h1-4,16H,5-12H2. The molecule has 1 amide bonds. The van der Waals surface area contributed by atoms with Crippen LogP contribution >= 0.6 is 0 Å². The van der Waals surface area contributed by atoms with Crippen LogP contribution in [0.5, 0.6) is 5.75 Å². The molecule has 0 radical (unpaired) electrons. The number of hydrogen-bond acceptors (Lipinski definition) is 4. The van der Waals surface area contributed by atoms with E-state index in [1.807, 2.05) is 6.07 Å². The normalized spacial score (nSPS) is 19.5. The molecule has 0 spiro atoms. The molecule has 0 bridgehead atoms. The van der Waals surface area contributed by atoms with E-state index in [4.69, 9.17) is 10.00 Å². The van der Waals surface area contributed by atoms with Crippen molar-refractivity contribution >= 4 is 5.91 Å². The summed E-state index contributed by atoms with van der Waals surface area (Å²) in [6.45, 7) is 3.35. The van der Waals surface area contributed by atoms with Gasteiger partial charge in [0.15, 0.2) is 0 Å². The highest BCUT2D eigenvalue weighted by atomic mass is 19.3. The molecule has 3 rings (SSSR count). The third kappa shape index (κ3) is 3.74. The largest absolute Gasteiger partial charge is 0.491 e. The Morgan fingerprint density at radius 1 is 1.24 bits per heavy atom. The van der Waals surface area contributed by atoms with Gasteiger partial charge in [-0.1, -0.05) is 12.1 Å². The molecule has 7 heteroatoms. The molecule has 1 aromatic carbocycles. The summed E-state index contributed by atoms with van der Waals surface area (Å²) >= 11 is 0. The lowest BCUT2D eigenvalue weighted by Gasteiger charge is -2.36. The van der Waals surface area contributed by atoms with Crippen molar-refractivity contribution in [2.75, 3.05) is 39.3 Å². The molecule has 1 saturated heterocycles. The number of para-hydroxylation sites is 1. The van der Waals surface area contributed by atoms with Crippen molar-refractivity contribution in [2.24, 2.45) is 5.41 Å². The number of alkyl halides is 2. The van der Waals surface area contributed by atoms with Gasteiger partial charge >= 0.3 is 0 Å². The molecule has 1 heterocycles. The number of nitrogens with zero attached hydrogens (tertiary/aromatic N) is 3. The number of hydrogen-bond donors (Lipinski definition) is 0. The highest BCUT2D eigenvalue weighted by molar-refractivity contribution is 5.86. The van der Waals surface area contributed by atoms with Crippen molar-refractivity contribution in [1.29, 1.82) is 5.26 Å². The van der Waals surface area contributed by atoms with Crippen LogP contribution in [0, 0.1) is 16.7 Å². The van der Waals surface area contributed by atoms with Crippen molar-refractivity contribution in [3.05, 3.63) is 29.8 Å². The van der Waals surface area contributed by atoms with Gasteiger partial charge in [-0.05, 0) is 25.0 Å². The zero-order valence-corrected chi connectivity index (χ0v) is 14.0. The van der Waals surface area contributed by atoms with Gasteiger partial charge in [-0.2, -0.15) is 5.26 Å². The predicted molar refractivity (Wildman–Crippen MR) is 87.3 cm³/mol. The Hall–Kier alpha value is -2.20. The summed E-state index contributed by atoms with van der Waals surface area (Å²) in [7, 11) is 0. The van der Waals surface area contributed by atoms with E-state index in [1.165, 1.54) is 0 Å². The minimum Gasteiger partial charge on any atom is -0.491 e. The fourth-order valence-electron chi connectivity index (χ4n) is 3.12. The van der Waals surface area contributed by atoms with E-state index in [1.54, 1.807) is 23.1 Å². The molecule has 5 nitrogen and oxygen atoms in total. The van der Waals surface area contributed by atoms with Crippen LogP contribution in [-0.2, 0) is 4.79 Å². The van der Waals surface area contributed by atoms with E-state index in [2.05, 4.69) is 11.0 Å². The monoisotopic (exact) mass is 349 g/mol. The zero-order valence-electron chi connectivity index (χ0n) is 14.0. The number of halogens is 2. The van der Waals surface area contributed by atoms with Crippen LogP contribution in [0.4, 0.5) is 8.78 Å². The van der Waals surface area contributed by atoms with Gasteiger partial charge in [-0.3, -0.25) is 9.69 Å². The Kier molecular flexibility index (Phi) is 5.19. The van der Waals surface area contributed by atoms with E-state index >= 15 is 0 Å². The number of piperazine rings is 1. The van der Waals surface area contributed by atoms with Crippen molar-refractivity contribution in [2.45, 2.75) is 19.3 Å². The lowest BCUT2D eigenvalue weighted by atomic mass is 10.1. The molecule has 2 fully saturated rings. The summed E-state index contributed by atoms with van der Waals surface area (Å²) in [6.07, 6.45) is -1.96. The van der Waals surface area contributed by atoms with Crippen molar-refractivity contribution in [1.82, 2.24) is 9.80 Å². The molecule has 1 saturated carbocycles. The first-order valence-electron chi connectivity index (χ1n) is 8.48. The van der Waals surface area contributed by atoms with Crippen LogP contribution in [0.3, 0.4) is 0 Å². The summed E-state index contributed by atoms with van der Waals surface area (Å²) in [5, 5.41) is 9.03. The van der Waals surface area contributed by atoms with E-state index in [0.717, 1.165) is 0 Å². The number of carbonyl (C=O) groups excluding carboxylic acids is 1. The van der Waals surface area contributed by atoms with Gasteiger partial charge in [0.1, 0.15) is 23.8 Å². The van der Waals surface area contributed by atoms with Crippen LogP contribution in [0.25, 0.3) is 0 Å². The summed E-state index contributed by atoms with van der Waals surface area (Å²) in [5.41, 5.74) is -0.897. The Balaban J connectivity index is 1.43. The summed E-state index contributed by atoms with van der Waals surface area (Å²) in [6, 6.07) is 9.15. The minimum absolute atomic E-state index is 0.301. The maximum Gasteiger partial charge on any atom is 0.252 e. The van der Waals surface area contributed by atoms with Gasteiger partial charge in [-0.25, -0.2) is 8.78 Å². The van der Waals surface area contributed by atoms with Crippen molar-refractivity contribution in [3.8, 4) is 11.8 Å². The van der Waals surface area contributed by atoms with Gasteiger partial charge in [0.2, 0.25) is 5.91 Å². The summed E-state index contributed by atoms with van der Waals surface area (Å²) in [5.74, 6) is 0.174. The van der Waals surface area contributed by atoms with Crippen LogP contribution < -0.4 is 4.74 Å². The van der Waals surface area contributed by atoms with Crippen molar-refractivity contribution in [3.63, 3.8) is 0 Å². The molecular weight excluding hydrogens is 328 g/mol. The summed E-state index contributed by atoms with van der Waals surface area (Å²) < 4.78 is 31.8. The van der Waals surface area contributed by atoms with E-state index < -0.39 is 11.8 Å². The second kappa shape index (κ2) is 7.36. The van der Waals surface area contributed by atoms with Gasteiger partial charge in [0.25, 0.3) is 6.43 Å². The molecule has 2 aliphatic rings. The molecule has 25 heavy (non-hydrogen) atoms. The highest BCUT2D eigenvalue weighted by Crippen LogP contribution is 2.52. The third-order valence-corrected chi connectivity index (χ3v) is 4.96. The first-order valence-corrected chi connectivity index (χ1v) is 8.48. The number of amides is 1. The molecule has 1 aliphatic heterocycles. The smallest absolute Gasteiger partial charge is 0.252 e. The van der Waals surface area contributed by atoms with Crippen LogP contribution in [0.1, 0.15) is 18.4 Å². The van der Waals surface area contributed by atoms with Gasteiger partial charge < -0.3 is 9.64 Å². The average molecular weight is 349 g/mol. The lowest BCUT2D eigenvalue weighted by Crippen LogP contribution is -2.52. The Labute approximate surface area is 145 Å². The van der Waals surface area contributed by atoms with Gasteiger partial charge in [0.05, 0.1) is 5.56 Å². The molecule has 1 aliphatic carbocycles. The van der Waals surface area contributed by atoms with Crippen LogP contribution in [-0.4, -0.2) is 61.5 Å². The van der Waals surface area contributed by atoms with Crippen molar-refractivity contribution < 1.29 is 18.3 Å². The van der Waals surface area contributed by atoms with Crippen LogP contribution in [0.15, 0.2) is 24.3 Å². The number of rotatable bonds is 6. The third-order valence-electron chi connectivity index (χ3n) is 4.96. The fourth-order valence-corrected chi connectivity index (χ4v) is 3.12. The highest BCUT2D eigenvalue weighted by Gasteiger charge is 2.59. The first-order chi connectivity index (χ1) is 12.1. The SMILES string of the molecule is N#Cc1ccccc1OCCN1CCN(C(=O)C2(C(F)F)CC2)CC1. The number of benzene rings is 1. The number of carbonyl (C=O) groups is 1. The van der Waals surface area contributed by atoms with Gasteiger partial charge in [-0.15, -0.1) is 0 Å². The topological polar surface area (TPSA) is 56.6 Å². The Morgan fingerprint density at radius 2 is 1.92 bits per heavy atom. The number of ether oxygens (including phenoxy) is 1. The van der Waals surface area contributed by atoms with Crippen LogP contribution in [0.2, 0.25) is 0 Å². The Morgan fingerprint density at radius 3 is 2.52 bits per heavy atom. The van der Waals surface area contributed by atoms with E-state index in [0.29, 0.717) is 63.5 Å². The molecule has 0 atom stereocenters. The average Bonchev–Trinajstić information content (AvgIpc) is 3.44. The van der Waals surface area contributed by atoms with E-state index in [9.17, 15) is 13.6 Å². The maximum atomic E-state index is 13.0. The number of nitriles is 1. The maximum absolute atomic E-state index is 13.0. The minimum atomic E-state index is -2.56. The molecule has 0 N–H and O–H groups in total. The first kappa shape index (κ1) is 17.6. The zero-order chi connectivity index (χ0) is 17.9. The molecule has 0 aromatic heterocycles. The Bertz CT molecular complexity index is 663. The quantitative estimate of drug-likeness (QED) is 0.789. The molecular formula is C18H21F2N3O2.